The van der Waals surface area contributed by atoms with Crippen molar-refractivity contribution in [2.45, 2.75) is 37.8 Å². The van der Waals surface area contributed by atoms with E-state index in [0.29, 0.717) is 6.04 Å². The molecule has 1 atom stereocenters. The fraction of sp³-hybridized carbons (Fsp3) is 0.625. The Kier molecular flexibility index (Phi) is 6.02. The summed E-state index contributed by atoms with van der Waals surface area (Å²) in [6, 6.07) is 8.85. The van der Waals surface area contributed by atoms with Gasteiger partial charge in [0, 0.05) is 43.2 Å². The maximum absolute atomic E-state index is 6.17. The number of rotatable bonds is 6. The minimum Gasteiger partial charge on any atom is -0.381 e. The highest BCUT2D eigenvalue weighted by atomic mass is 79.9. The van der Waals surface area contributed by atoms with Gasteiger partial charge >= 0.3 is 0 Å². The van der Waals surface area contributed by atoms with Gasteiger partial charge in [-0.1, -0.05) is 28.1 Å². The second-order valence-electron chi connectivity index (χ2n) is 5.28. The van der Waals surface area contributed by atoms with Crippen LogP contribution in [0.3, 0.4) is 0 Å². The van der Waals surface area contributed by atoms with Crippen molar-refractivity contribution in [1.82, 2.24) is 5.32 Å². The highest BCUT2D eigenvalue weighted by Gasteiger charge is 2.40. The molecule has 1 aromatic rings. The second kappa shape index (κ2) is 7.55. The molecule has 0 bridgehead atoms. The Morgan fingerprint density at radius 1 is 1.30 bits per heavy atom. The van der Waals surface area contributed by atoms with Crippen molar-refractivity contribution in [3.05, 3.63) is 34.3 Å². The summed E-state index contributed by atoms with van der Waals surface area (Å²) in [4.78, 5) is 0. The van der Waals surface area contributed by atoms with Gasteiger partial charge < -0.3 is 14.8 Å². The van der Waals surface area contributed by atoms with Crippen molar-refractivity contribution in [2.24, 2.45) is 0 Å². The van der Waals surface area contributed by atoms with Gasteiger partial charge in [-0.3, -0.25) is 0 Å². The minimum atomic E-state index is -0.102. The van der Waals surface area contributed by atoms with Crippen LogP contribution in [0.2, 0.25) is 0 Å². The highest BCUT2D eigenvalue weighted by molar-refractivity contribution is 9.10. The van der Waals surface area contributed by atoms with Crippen LogP contribution in [-0.2, 0) is 15.9 Å². The average Bonchev–Trinajstić information content (AvgIpc) is 2.48. The monoisotopic (exact) mass is 341 g/mol. The molecule has 3 nitrogen and oxygen atoms in total. The first kappa shape index (κ1) is 16.0. The molecule has 0 radical (unpaired) electrons. The molecule has 1 fully saturated rings. The van der Waals surface area contributed by atoms with Gasteiger partial charge in [-0.15, -0.1) is 0 Å². The lowest BCUT2D eigenvalue weighted by Crippen LogP contribution is -2.55. The number of hydrogen-bond donors (Lipinski definition) is 1. The van der Waals surface area contributed by atoms with E-state index in [1.165, 1.54) is 5.56 Å². The van der Waals surface area contributed by atoms with Gasteiger partial charge in [0.1, 0.15) is 0 Å². The zero-order chi connectivity index (χ0) is 14.4. The van der Waals surface area contributed by atoms with E-state index < -0.39 is 0 Å². The maximum atomic E-state index is 6.17. The Labute approximate surface area is 130 Å². The first-order valence-electron chi connectivity index (χ1n) is 7.33. The smallest absolute Gasteiger partial charge is 0.0881 e. The van der Waals surface area contributed by atoms with Crippen molar-refractivity contribution >= 4 is 15.9 Å². The fourth-order valence-corrected chi connectivity index (χ4v) is 3.27. The molecule has 1 saturated heterocycles. The van der Waals surface area contributed by atoms with Gasteiger partial charge in [0.2, 0.25) is 0 Å². The molecule has 1 N–H and O–H groups in total. The Morgan fingerprint density at radius 2 is 1.95 bits per heavy atom. The third-order valence-electron chi connectivity index (χ3n) is 4.11. The third kappa shape index (κ3) is 3.82. The Bertz CT molecular complexity index is 396. The normalized spacial score (nSPS) is 19.8. The molecule has 0 saturated carbocycles. The predicted molar refractivity (Wildman–Crippen MR) is 85.1 cm³/mol. The second-order valence-corrected chi connectivity index (χ2v) is 6.20. The summed E-state index contributed by atoms with van der Waals surface area (Å²) in [5.74, 6) is 0. The maximum Gasteiger partial charge on any atom is 0.0881 e. The van der Waals surface area contributed by atoms with Gasteiger partial charge in [0.25, 0.3) is 0 Å². The summed E-state index contributed by atoms with van der Waals surface area (Å²) in [5.41, 5.74) is 1.23. The standard InChI is InChI=1S/C16H24BrNO2/c1-3-20-16(8-10-19-11-9-16)15(18-2)12-13-4-6-14(17)7-5-13/h4-7,15,18H,3,8-12H2,1-2H3. The van der Waals surface area contributed by atoms with Crippen LogP contribution in [0.4, 0.5) is 0 Å². The quantitative estimate of drug-likeness (QED) is 0.861. The van der Waals surface area contributed by atoms with Crippen LogP contribution < -0.4 is 5.32 Å². The van der Waals surface area contributed by atoms with Crippen LogP contribution in [0.15, 0.2) is 28.7 Å². The lowest BCUT2D eigenvalue weighted by Gasteiger charge is -2.43. The molecular weight excluding hydrogens is 318 g/mol. The zero-order valence-electron chi connectivity index (χ0n) is 12.3. The molecule has 4 heteroatoms. The van der Waals surface area contributed by atoms with Crippen molar-refractivity contribution in [2.75, 3.05) is 26.9 Å². The molecule has 0 spiro atoms. The number of benzene rings is 1. The number of nitrogens with one attached hydrogen (secondary N) is 1. The van der Waals surface area contributed by atoms with Gasteiger partial charge in [0.05, 0.1) is 5.60 Å². The molecule has 1 heterocycles. The van der Waals surface area contributed by atoms with Crippen molar-refractivity contribution < 1.29 is 9.47 Å². The first-order chi connectivity index (χ1) is 9.70. The largest absolute Gasteiger partial charge is 0.381 e. The topological polar surface area (TPSA) is 30.5 Å². The Hall–Kier alpha value is -0.420. The molecule has 1 aliphatic rings. The molecule has 0 amide bonds. The summed E-state index contributed by atoms with van der Waals surface area (Å²) in [6.07, 6.45) is 2.90. The van der Waals surface area contributed by atoms with E-state index in [0.717, 1.165) is 43.6 Å². The molecule has 0 aromatic heterocycles. The van der Waals surface area contributed by atoms with Crippen LogP contribution in [0.1, 0.15) is 25.3 Å². The number of likely N-dealkylation sites (N-methyl/N-ethyl adjacent to an activating group) is 1. The van der Waals surface area contributed by atoms with Crippen LogP contribution >= 0.6 is 15.9 Å². The number of hydrogen-bond acceptors (Lipinski definition) is 3. The predicted octanol–water partition coefficient (Wildman–Crippen LogP) is 3.17. The lowest BCUT2D eigenvalue weighted by atomic mass is 9.82. The van der Waals surface area contributed by atoms with E-state index in [1.54, 1.807) is 0 Å². The van der Waals surface area contributed by atoms with Crippen molar-refractivity contribution in [3.8, 4) is 0 Å². The summed E-state index contributed by atoms with van der Waals surface area (Å²) in [5, 5.41) is 3.47. The van der Waals surface area contributed by atoms with Crippen molar-refractivity contribution in [3.63, 3.8) is 0 Å². The van der Waals surface area contributed by atoms with E-state index in [4.69, 9.17) is 9.47 Å². The molecule has 112 valence electrons. The minimum absolute atomic E-state index is 0.102. The van der Waals surface area contributed by atoms with E-state index in [-0.39, 0.29) is 5.60 Å². The van der Waals surface area contributed by atoms with E-state index in [9.17, 15) is 0 Å². The van der Waals surface area contributed by atoms with Crippen LogP contribution in [0.25, 0.3) is 0 Å². The SMILES string of the molecule is CCOC1(C(Cc2ccc(Br)cc2)NC)CCOCC1. The number of halogens is 1. The summed E-state index contributed by atoms with van der Waals surface area (Å²) in [7, 11) is 2.03. The Morgan fingerprint density at radius 3 is 2.50 bits per heavy atom. The van der Waals surface area contributed by atoms with E-state index >= 15 is 0 Å². The van der Waals surface area contributed by atoms with Gasteiger partial charge in [-0.2, -0.15) is 0 Å². The van der Waals surface area contributed by atoms with E-state index in [1.807, 2.05) is 7.05 Å². The zero-order valence-corrected chi connectivity index (χ0v) is 13.9. The molecular formula is C16H24BrNO2. The van der Waals surface area contributed by atoms with Gasteiger partial charge in [-0.25, -0.2) is 0 Å². The molecule has 20 heavy (non-hydrogen) atoms. The molecule has 0 aliphatic carbocycles. The molecule has 2 rings (SSSR count). The van der Waals surface area contributed by atoms with Gasteiger partial charge in [-0.05, 0) is 38.1 Å². The van der Waals surface area contributed by atoms with Crippen LogP contribution in [0.5, 0.6) is 0 Å². The first-order valence-corrected chi connectivity index (χ1v) is 8.13. The molecule has 1 aromatic carbocycles. The van der Waals surface area contributed by atoms with Crippen LogP contribution in [0, 0.1) is 0 Å². The molecule has 1 aliphatic heterocycles. The Balaban J connectivity index is 2.13. The fourth-order valence-electron chi connectivity index (χ4n) is 3.01. The average molecular weight is 342 g/mol. The van der Waals surface area contributed by atoms with Crippen molar-refractivity contribution in [1.29, 1.82) is 0 Å². The van der Waals surface area contributed by atoms with E-state index in [2.05, 4.69) is 52.4 Å². The van der Waals surface area contributed by atoms with Crippen LogP contribution in [-0.4, -0.2) is 38.5 Å². The summed E-state index contributed by atoms with van der Waals surface area (Å²) in [6.45, 7) is 4.40. The lowest BCUT2D eigenvalue weighted by molar-refractivity contribution is -0.125. The number of ether oxygens (including phenoxy) is 2. The van der Waals surface area contributed by atoms with Gasteiger partial charge in [0.15, 0.2) is 0 Å². The summed E-state index contributed by atoms with van der Waals surface area (Å²) < 4.78 is 12.8. The summed E-state index contributed by atoms with van der Waals surface area (Å²) >= 11 is 3.48. The highest BCUT2D eigenvalue weighted by Crippen LogP contribution is 2.31. The third-order valence-corrected chi connectivity index (χ3v) is 4.64. The molecule has 1 unspecified atom stereocenters.